The third-order valence-corrected chi connectivity index (χ3v) is 6.14. The fourth-order valence-corrected chi connectivity index (χ4v) is 4.40. The van der Waals surface area contributed by atoms with Gasteiger partial charge in [0.2, 0.25) is 11.8 Å². The highest BCUT2D eigenvalue weighted by Crippen LogP contribution is 2.24. The lowest BCUT2D eigenvalue weighted by atomic mass is 9.92. The second-order valence-electron chi connectivity index (χ2n) is 8.14. The first-order valence-electron chi connectivity index (χ1n) is 10.6. The Morgan fingerprint density at radius 2 is 1.97 bits per heavy atom. The molecule has 0 spiro atoms. The van der Waals surface area contributed by atoms with E-state index in [0.29, 0.717) is 31.8 Å². The summed E-state index contributed by atoms with van der Waals surface area (Å²) in [6.07, 6.45) is 9.47. The molecule has 4 heterocycles. The molecule has 2 aliphatic rings. The van der Waals surface area contributed by atoms with Gasteiger partial charge in [-0.1, -0.05) is 6.07 Å². The minimum atomic E-state index is -0.0703. The molecule has 2 aliphatic heterocycles. The monoisotopic (exact) mass is 395 g/mol. The van der Waals surface area contributed by atoms with Crippen LogP contribution in [-0.2, 0) is 22.6 Å². The molecule has 0 bridgehead atoms. The van der Waals surface area contributed by atoms with Crippen molar-refractivity contribution in [2.24, 2.45) is 11.8 Å². The quantitative estimate of drug-likeness (QED) is 0.750. The van der Waals surface area contributed by atoms with Gasteiger partial charge < -0.3 is 9.80 Å². The van der Waals surface area contributed by atoms with Crippen LogP contribution in [0.5, 0.6) is 0 Å². The Bertz CT molecular complexity index is 800. The van der Waals surface area contributed by atoms with E-state index in [0.717, 1.165) is 44.6 Å². The zero-order valence-electron chi connectivity index (χ0n) is 16.8. The topological polar surface area (TPSA) is 71.3 Å². The number of rotatable bonds is 6. The zero-order valence-corrected chi connectivity index (χ0v) is 16.8. The summed E-state index contributed by atoms with van der Waals surface area (Å²) < 4.78 is 1.98. The van der Waals surface area contributed by atoms with Crippen molar-refractivity contribution in [1.29, 1.82) is 0 Å². The highest BCUT2D eigenvalue weighted by Gasteiger charge is 2.34. The highest BCUT2D eigenvalue weighted by atomic mass is 16.2. The maximum Gasteiger partial charge on any atom is 0.227 e. The summed E-state index contributed by atoms with van der Waals surface area (Å²) in [7, 11) is 0. The second kappa shape index (κ2) is 9.20. The predicted molar refractivity (Wildman–Crippen MR) is 109 cm³/mol. The van der Waals surface area contributed by atoms with Crippen molar-refractivity contribution in [3.63, 3.8) is 0 Å². The lowest BCUT2D eigenvalue weighted by Crippen LogP contribution is -2.49. The van der Waals surface area contributed by atoms with Gasteiger partial charge in [-0.3, -0.25) is 19.3 Å². The van der Waals surface area contributed by atoms with E-state index < -0.39 is 0 Å². The summed E-state index contributed by atoms with van der Waals surface area (Å²) in [5.41, 5.74) is 0.980. The summed E-state index contributed by atoms with van der Waals surface area (Å²) in [6, 6.07) is 7.78. The number of carbonyl (C=O) groups excluding carboxylic acids is 2. The number of pyridine rings is 1. The van der Waals surface area contributed by atoms with Crippen molar-refractivity contribution in [1.82, 2.24) is 24.6 Å². The molecule has 2 saturated heterocycles. The summed E-state index contributed by atoms with van der Waals surface area (Å²) in [5.74, 6) is 0.877. The normalized spacial score (nSPS) is 20.8. The van der Waals surface area contributed by atoms with Gasteiger partial charge in [-0.25, -0.2) is 0 Å². The molecule has 29 heavy (non-hydrogen) atoms. The van der Waals surface area contributed by atoms with E-state index in [2.05, 4.69) is 10.1 Å². The molecule has 2 aromatic heterocycles. The van der Waals surface area contributed by atoms with Gasteiger partial charge in [0.25, 0.3) is 0 Å². The molecule has 154 valence electrons. The van der Waals surface area contributed by atoms with Crippen LogP contribution in [0.4, 0.5) is 0 Å². The van der Waals surface area contributed by atoms with E-state index in [1.165, 1.54) is 0 Å². The van der Waals surface area contributed by atoms with Crippen LogP contribution in [0.3, 0.4) is 0 Å². The Morgan fingerprint density at radius 1 is 1.10 bits per heavy atom. The van der Waals surface area contributed by atoms with E-state index in [1.54, 1.807) is 6.20 Å². The largest absolute Gasteiger partial charge is 0.342 e. The molecule has 0 aromatic carbocycles. The van der Waals surface area contributed by atoms with Gasteiger partial charge in [0.1, 0.15) is 0 Å². The van der Waals surface area contributed by atoms with Gasteiger partial charge in [-0.05, 0) is 43.4 Å². The molecule has 1 atom stereocenters. The smallest absolute Gasteiger partial charge is 0.227 e. The number of aromatic nitrogens is 3. The van der Waals surface area contributed by atoms with Gasteiger partial charge in [0.15, 0.2) is 0 Å². The highest BCUT2D eigenvalue weighted by molar-refractivity contribution is 5.84. The van der Waals surface area contributed by atoms with Crippen molar-refractivity contribution in [3.05, 3.63) is 48.5 Å². The lowest BCUT2D eigenvalue weighted by Gasteiger charge is -2.37. The van der Waals surface area contributed by atoms with Crippen LogP contribution >= 0.6 is 0 Å². The van der Waals surface area contributed by atoms with Gasteiger partial charge in [-0.15, -0.1) is 0 Å². The summed E-state index contributed by atoms with van der Waals surface area (Å²) in [6.45, 7) is 3.71. The number of likely N-dealkylation sites (tertiary alicyclic amines) is 2. The van der Waals surface area contributed by atoms with E-state index in [9.17, 15) is 9.59 Å². The van der Waals surface area contributed by atoms with Crippen LogP contribution in [-0.4, -0.2) is 62.6 Å². The molecule has 0 saturated carbocycles. The first kappa shape index (κ1) is 19.6. The molecule has 2 fully saturated rings. The van der Waals surface area contributed by atoms with Crippen molar-refractivity contribution in [2.75, 3.05) is 26.2 Å². The van der Waals surface area contributed by atoms with Crippen LogP contribution in [0.25, 0.3) is 0 Å². The van der Waals surface area contributed by atoms with Gasteiger partial charge in [0.05, 0.1) is 5.92 Å². The Hall–Kier alpha value is -2.70. The van der Waals surface area contributed by atoms with Crippen LogP contribution < -0.4 is 0 Å². The molecule has 2 aromatic rings. The Labute approximate surface area is 171 Å². The number of hydrogen-bond donors (Lipinski definition) is 0. The standard InChI is InChI=1S/C22H29N5O2/c28-21-6-5-19(17-26(21)15-9-20-4-1-2-10-23-20)22(29)25-13-7-18(8-14-25)16-27-12-3-11-24-27/h1-4,10-12,18-19H,5-9,13-17H2. The third-order valence-electron chi connectivity index (χ3n) is 6.14. The van der Waals surface area contributed by atoms with Crippen LogP contribution in [0.1, 0.15) is 31.4 Å². The Kier molecular flexibility index (Phi) is 6.22. The van der Waals surface area contributed by atoms with Gasteiger partial charge in [-0.2, -0.15) is 5.10 Å². The minimum Gasteiger partial charge on any atom is -0.342 e. The van der Waals surface area contributed by atoms with Crippen LogP contribution in [0.2, 0.25) is 0 Å². The van der Waals surface area contributed by atoms with Gasteiger partial charge >= 0.3 is 0 Å². The molecular formula is C22H29N5O2. The molecule has 7 nitrogen and oxygen atoms in total. The number of amides is 2. The summed E-state index contributed by atoms with van der Waals surface area (Å²) in [4.78, 5) is 33.6. The molecule has 4 rings (SSSR count). The molecule has 0 aliphatic carbocycles. The van der Waals surface area contributed by atoms with Crippen LogP contribution in [0.15, 0.2) is 42.9 Å². The van der Waals surface area contributed by atoms with Crippen molar-refractivity contribution < 1.29 is 9.59 Å². The third kappa shape index (κ3) is 5.02. The molecule has 1 unspecified atom stereocenters. The summed E-state index contributed by atoms with van der Waals surface area (Å²) in [5, 5.41) is 4.29. The number of nitrogens with zero attached hydrogens (tertiary/aromatic N) is 5. The number of piperidine rings is 2. The lowest BCUT2D eigenvalue weighted by molar-refractivity contribution is -0.144. The van der Waals surface area contributed by atoms with Gasteiger partial charge in [0, 0.05) is 69.8 Å². The fourth-order valence-electron chi connectivity index (χ4n) is 4.40. The van der Waals surface area contributed by atoms with E-state index in [-0.39, 0.29) is 17.7 Å². The zero-order chi connectivity index (χ0) is 20.1. The predicted octanol–water partition coefficient (Wildman–Crippen LogP) is 2.00. The molecule has 0 N–H and O–H groups in total. The van der Waals surface area contributed by atoms with E-state index >= 15 is 0 Å². The minimum absolute atomic E-state index is 0.0703. The maximum atomic E-state index is 13.1. The fraction of sp³-hybridized carbons (Fsp3) is 0.545. The first-order chi connectivity index (χ1) is 14.2. The van der Waals surface area contributed by atoms with E-state index in [4.69, 9.17) is 0 Å². The second-order valence-corrected chi connectivity index (χ2v) is 8.14. The van der Waals surface area contributed by atoms with Crippen molar-refractivity contribution >= 4 is 11.8 Å². The SMILES string of the molecule is O=C1CCC(C(=O)N2CCC(Cn3cccn3)CC2)CN1CCc1ccccn1. The number of carbonyl (C=O) groups is 2. The van der Waals surface area contributed by atoms with Crippen LogP contribution in [0, 0.1) is 11.8 Å². The molecule has 7 heteroatoms. The van der Waals surface area contributed by atoms with E-state index in [1.807, 2.05) is 51.1 Å². The first-order valence-corrected chi connectivity index (χ1v) is 10.6. The molecule has 2 amide bonds. The average Bonchev–Trinajstić information content (AvgIpc) is 3.27. The maximum absolute atomic E-state index is 13.1. The Morgan fingerprint density at radius 3 is 2.69 bits per heavy atom. The number of hydrogen-bond acceptors (Lipinski definition) is 4. The van der Waals surface area contributed by atoms with Crippen molar-refractivity contribution in [2.45, 2.75) is 38.6 Å². The molecule has 0 radical (unpaired) electrons. The van der Waals surface area contributed by atoms with Crippen molar-refractivity contribution in [3.8, 4) is 0 Å². The average molecular weight is 396 g/mol. The Balaban J connectivity index is 1.26. The molecular weight excluding hydrogens is 366 g/mol. The summed E-state index contributed by atoms with van der Waals surface area (Å²) >= 11 is 0.